The van der Waals surface area contributed by atoms with Crippen molar-refractivity contribution in [1.29, 1.82) is 0 Å². The van der Waals surface area contributed by atoms with Crippen LogP contribution in [0.4, 0.5) is 11.4 Å². The van der Waals surface area contributed by atoms with Crippen molar-refractivity contribution in [2.75, 3.05) is 9.80 Å². The second-order valence-corrected chi connectivity index (χ2v) is 24.1. The van der Waals surface area contributed by atoms with E-state index in [1.807, 2.05) is 127 Å². The smallest absolute Gasteiger partial charge is 0.500 e. The Labute approximate surface area is 588 Å². The fraction of sp³-hybridized carbons (Fsp3) is 0.0581. The maximum Gasteiger partial charge on any atom is 3.00 e. The Balaban J connectivity index is 0.000000105. The number of hydrogen-bond donors (Lipinski definition) is 0. The van der Waals surface area contributed by atoms with Crippen molar-refractivity contribution < 1.29 is 48.0 Å². The van der Waals surface area contributed by atoms with E-state index >= 15 is 0 Å². The van der Waals surface area contributed by atoms with Gasteiger partial charge in [-0.1, -0.05) is 139 Å². The van der Waals surface area contributed by atoms with Crippen molar-refractivity contribution in [2.24, 2.45) is 0 Å². The average molecular weight is 1440 g/mol. The summed E-state index contributed by atoms with van der Waals surface area (Å²) in [6.45, 7) is 7.21. The van der Waals surface area contributed by atoms with Crippen LogP contribution in [0, 0.1) is 25.7 Å². The van der Waals surface area contributed by atoms with Gasteiger partial charge in [-0.05, 0) is 94.8 Å². The molecule has 0 aliphatic carbocycles. The van der Waals surface area contributed by atoms with E-state index in [0.717, 1.165) is 53.8 Å². The van der Waals surface area contributed by atoms with Gasteiger partial charge in [-0.3, -0.25) is 0 Å². The minimum atomic E-state index is -0.344. The van der Waals surface area contributed by atoms with E-state index in [1.54, 1.807) is 10.8 Å². The molecule has 5 aliphatic heterocycles. The standard InChI is InChI=1S/C18H12NS.C18H14N.C15H12N2.C12H11N2.C12H10N.C11H8N.Ir/c1-2-7-16-13(5-1)14-9-8-12-11-19-10-4-3-6-15(19)17(12)18(14)20-16;1-2-6-14(7-3-1)15-9-10-16-13-19-11-5-4-8-18(19)17(16)12-15;1-3-7-14(8-4-1)16-11-12-17(13-16)15-9-5-2-6-10-15;1-9-6-7-14-8-10-4-2-3-5-11(10)12(14)13-9;1-2-6-11-10(5-1)9-13-8-4-3-7-12(11)13;1-2-6-10(7-3-1)11-8-4-5-9-12-11;/h1-10H,11H2;1-12H,13H2;1-9,11-13H;2-7H,8H2,1H3;1-8H,9H2;1-6,8-9H;/q2*+1;-2;2*+1;-1;+3/i;;;;1D,2D,3D,4D,5D,6D,7D;;. The Morgan fingerprint density at radius 2 is 1.14 bits per heavy atom. The van der Waals surface area contributed by atoms with Crippen molar-refractivity contribution in [3.63, 3.8) is 0 Å². The van der Waals surface area contributed by atoms with Crippen LogP contribution in [0.15, 0.2) is 334 Å². The second-order valence-electron chi connectivity index (χ2n) is 23.1. The molecule has 11 heterocycles. The summed E-state index contributed by atoms with van der Waals surface area (Å²) in [5, 5.41) is 2.77. The minimum absolute atomic E-state index is 0. The summed E-state index contributed by atoms with van der Waals surface area (Å²) in [6, 6.07) is 90.7. The van der Waals surface area contributed by atoms with Gasteiger partial charge in [0.15, 0.2) is 43.9 Å². The number of rotatable bonds is 4. The molecule has 0 N–H and O–H groups in total. The van der Waals surface area contributed by atoms with Crippen molar-refractivity contribution in [2.45, 2.75) is 33.1 Å². The van der Waals surface area contributed by atoms with E-state index in [1.165, 1.54) is 82.3 Å². The summed E-state index contributed by atoms with van der Waals surface area (Å²) in [5.41, 5.74) is 19.8. The molecule has 0 unspecified atom stereocenters. The van der Waals surface area contributed by atoms with E-state index < -0.39 is 0 Å². The number of pyridine rings is 4. The summed E-state index contributed by atoms with van der Waals surface area (Å²) in [4.78, 5) is 12.9. The molecule has 10 heteroatoms. The third-order valence-corrected chi connectivity index (χ3v) is 18.2. The van der Waals surface area contributed by atoms with Gasteiger partial charge in [-0.25, -0.2) is 4.57 Å². The summed E-state index contributed by atoms with van der Waals surface area (Å²) >= 11 is 1.92. The summed E-state index contributed by atoms with van der Waals surface area (Å²) in [5.74, 6) is 1.10. The first-order valence-electron chi connectivity index (χ1n) is 35.1. The molecule has 8 nitrogen and oxygen atoms in total. The first kappa shape index (κ1) is 54.3. The molecule has 9 aromatic carbocycles. The van der Waals surface area contributed by atoms with Crippen molar-refractivity contribution >= 4 is 42.9 Å². The summed E-state index contributed by atoms with van der Waals surface area (Å²) in [6.07, 6.45) is 13.7. The molecule has 0 saturated carbocycles. The third-order valence-electron chi connectivity index (χ3n) is 17.0. The van der Waals surface area contributed by atoms with Crippen LogP contribution < -0.4 is 28.1 Å². The van der Waals surface area contributed by atoms with Crippen molar-refractivity contribution in [3.8, 4) is 67.5 Å². The van der Waals surface area contributed by atoms with E-state index in [9.17, 15) is 0 Å². The first-order chi connectivity index (χ1) is 49.9. The van der Waals surface area contributed by atoms with Gasteiger partial charge in [0, 0.05) is 104 Å². The van der Waals surface area contributed by atoms with Crippen LogP contribution in [0.2, 0.25) is 0 Å². The van der Waals surface area contributed by atoms with Gasteiger partial charge in [0.2, 0.25) is 17.1 Å². The monoisotopic (exact) mass is 1440 g/mol. The first-order valence-corrected chi connectivity index (χ1v) is 32.4. The van der Waals surface area contributed by atoms with E-state index in [0.29, 0.717) is 5.56 Å². The SMILES string of the molecule is Cc1cc[n+]2c(n1)-c1ccccc1C2.[2H]c1c[n+]2c(c([2H])c1[2H])-c1c([2H])c([2H])c([2H])c([2H])c1C2.[Ir+3].[c-]1ccccc1-c1ccccn1.[c-]1ccccc1N1C=CN(c2ccccc2)[CH-]1.c1cc[n+]2c(c1)-c1c(ccc3c1sc1ccccc13)C2.c1ccc(-c2ccc3c(c2)-c2cccc[n+]2C3)cc1. The van der Waals surface area contributed by atoms with Crippen molar-refractivity contribution in [3.05, 3.63) is 381 Å². The zero-order chi connectivity index (χ0) is 69.8. The Bertz CT molecular complexity index is 5550. The van der Waals surface area contributed by atoms with Crippen LogP contribution in [-0.2, 0) is 46.3 Å². The Hall–Kier alpha value is -11.1. The maximum absolute atomic E-state index is 7.97. The van der Waals surface area contributed by atoms with Gasteiger partial charge >= 0.3 is 25.9 Å². The molecule has 5 aliphatic rings. The van der Waals surface area contributed by atoms with Gasteiger partial charge < -0.3 is 14.8 Å². The van der Waals surface area contributed by atoms with Gasteiger partial charge in [-0.2, -0.15) is 44.0 Å². The third kappa shape index (κ3) is 13.5. The molecule has 0 amide bonds. The predicted octanol–water partition coefficient (Wildman–Crippen LogP) is 17.7. The topological polar surface area (TPSA) is 47.8 Å². The minimum Gasteiger partial charge on any atom is -0.500 e. The van der Waals surface area contributed by atoms with Crippen molar-refractivity contribution in [1.82, 2.24) is 9.97 Å². The number of hydrogen-bond acceptors (Lipinski definition) is 5. The van der Waals surface area contributed by atoms with Crippen LogP contribution in [-0.4, -0.2) is 9.97 Å². The average Bonchev–Trinajstić information content (AvgIpc) is 1.60. The molecular weight excluding hydrogens is 1370 g/mol. The van der Waals surface area contributed by atoms with E-state index in [2.05, 4.69) is 223 Å². The predicted molar refractivity (Wildman–Crippen MR) is 384 cm³/mol. The van der Waals surface area contributed by atoms with Gasteiger partial charge in [-0.15, -0.1) is 59.6 Å². The van der Waals surface area contributed by atoms with Crippen LogP contribution in [0.5, 0.6) is 0 Å². The van der Waals surface area contributed by atoms with E-state index in [4.69, 9.17) is 9.60 Å². The molecular formula is C86H67IrN8S+4. The second kappa shape index (κ2) is 29.0. The van der Waals surface area contributed by atoms with Gasteiger partial charge in [0.25, 0.3) is 0 Å². The summed E-state index contributed by atoms with van der Waals surface area (Å²) < 4.78 is 65.7. The van der Waals surface area contributed by atoms with Gasteiger partial charge in [0.05, 0.1) is 38.0 Å². The molecule has 0 saturated heterocycles. The largest absolute Gasteiger partial charge is 3.00 e. The normalized spacial score (nSPS) is 13.3. The Morgan fingerprint density at radius 3 is 1.96 bits per heavy atom. The maximum atomic E-state index is 7.97. The Kier molecular flexibility index (Phi) is 16.4. The molecule has 0 radical (unpaired) electrons. The van der Waals surface area contributed by atoms with Crippen LogP contribution in [0.1, 0.15) is 37.5 Å². The Morgan fingerprint density at radius 1 is 0.469 bits per heavy atom. The molecule has 96 heavy (non-hydrogen) atoms. The van der Waals surface area contributed by atoms with Crippen LogP contribution in [0.25, 0.3) is 87.7 Å². The van der Waals surface area contributed by atoms with Gasteiger partial charge in [0.1, 0.15) is 6.54 Å². The number of fused-ring (bicyclic) bond motifs is 16. The molecule has 462 valence electrons. The van der Waals surface area contributed by atoms with E-state index in [-0.39, 0.29) is 80.2 Å². The number of para-hydroxylation sites is 2. The quantitative estimate of drug-likeness (QED) is 0.130. The number of anilines is 2. The number of benzene rings is 9. The van der Waals surface area contributed by atoms with Crippen LogP contribution >= 0.6 is 11.3 Å². The fourth-order valence-electron chi connectivity index (χ4n) is 12.4. The zero-order valence-electron chi connectivity index (χ0n) is 59.4. The van der Waals surface area contributed by atoms with Crippen LogP contribution in [0.3, 0.4) is 0 Å². The summed E-state index contributed by atoms with van der Waals surface area (Å²) in [7, 11) is 0. The molecule has 0 spiro atoms. The number of thiophene rings is 1. The zero-order valence-corrected chi connectivity index (χ0v) is 55.6. The molecule has 20 rings (SSSR count). The number of aryl methyl sites for hydroxylation is 1. The molecule has 6 aromatic heterocycles. The molecule has 0 atom stereocenters. The fourth-order valence-corrected chi connectivity index (χ4v) is 13.7. The molecule has 0 fully saturated rings. The molecule has 0 bridgehead atoms. The number of nitrogens with zero attached hydrogens (tertiary/aromatic N) is 8. The molecule has 15 aromatic rings. The number of aromatic nitrogens is 6.